The molecular weight excluding hydrogens is 594 g/mol. The van der Waals surface area contributed by atoms with E-state index >= 15 is 4.39 Å². The van der Waals surface area contributed by atoms with Crippen molar-refractivity contribution in [3.8, 4) is 17.3 Å². The van der Waals surface area contributed by atoms with Gasteiger partial charge in [-0.05, 0) is 62.2 Å². The minimum absolute atomic E-state index is 0.165. The number of nitrogens with zero attached hydrogens (tertiary/aromatic N) is 6. The van der Waals surface area contributed by atoms with E-state index in [1.807, 2.05) is 28.9 Å². The van der Waals surface area contributed by atoms with Crippen LogP contribution in [0.3, 0.4) is 0 Å². The molecule has 2 fully saturated rings. The molecular formula is C30H30F2N6O3S2. The predicted molar refractivity (Wildman–Crippen MR) is 163 cm³/mol. The zero-order valence-electron chi connectivity index (χ0n) is 23.7. The Labute approximate surface area is 252 Å². The van der Waals surface area contributed by atoms with Crippen LogP contribution in [0, 0.1) is 23.0 Å². The number of halogens is 2. The van der Waals surface area contributed by atoms with Crippen LogP contribution in [0.1, 0.15) is 36.3 Å². The topological polar surface area (TPSA) is 114 Å². The van der Waals surface area contributed by atoms with Crippen LogP contribution in [-0.2, 0) is 10.0 Å². The van der Waals surface area contributed by atoms with Crippen LogP contribution in [-0.4, -0.2) is 72.9 Å². The number of sulfonamides is 1. The molecule has 6 rings (SSSR count). The summed E-state index contributed by atoms with van der Waals surface area (Å²) in [6.07, 6.45) is 3.07. The van der Waals surface area contributed by atoms with Crippen LogP contribution >= 0.6 is 11.3 Å². The smallest absolute Gasteiger partial charge is 0.211 e. The van der Waals surface area contributed by atoms with Gasteiger partial charge >= 0.3 is 0 Å². The van der Waals surface area contributed by atoms with Crippen LogP contribution in [0.15, 0.2) is 42.5 Å². The lowest BCUT2D eigenvalue weighted by Gasteiger charge is -2.40. The van der Waals surface area contributed by atoms with E-state index in [9.17, 15) is 23.2 Å². The average Bonchev–Trinajstić information content (AvgIpc) is 3.76. The first kappa shape index (κ1) is 29.4. The van der Waals surface area contributed by atoms with Gasteiger partial charge in [0.1, 0.15) is 28.0 Å². The molecule has 1 saturated carbocycles. The second kappa shape index (κ2) is 11.4. The molecule has 1 saturated heterocycles. The molecule has 3 heterocycles. The Bertz CT molecular complexity index is 1840. The van der Waals surface area contributed by atoms with E-state index in [0.29, 0.717) is 51.1 Å². The third-order valence-corrected chi connectivity index (χ3v) is 10.3. The number of pyridine rings is 1. The monoisotopic (exact) mass is 624 g/mol. The molecule has 1 N–H and O–H groups in total. The van der Waals surface area contributed by atoms with Gasteiger partial charge in [0, 0.05) is 54.4 Å². The van der Waals surface area contributed by atoms with E-state index in [1.54, 1.807) is 12.1 Å². The molecule has 224 valence electrons. The Balaban J connectivity index is 1.46. The SMILES string of the molecule is CCN(c1nc(-c2ccc(F)cc2)c(C#N)s1)c1cc(C2CC2)nc2c(F)cc(N3CCN(S(C)(=O)=O)C(CO)C3)cc12. The van der Waals surface area contributed by atoms with Gasteiger partial charge in [-0.1, -0.05) is 11.3 Å². The first-order valence-electron chi connectivity index (χ1n) is 14.0. The molecule has 1 aliphatic heterocycles. The number of hydrogen-bond donors (Lipinski definition) is 1. The van der Waals surface area contributed by atoms with Crippen molar-refractivity contribution in [1.29, 1.82) is 5.26 Å². The van der Waals surface area contributed by atoms with Crippen molar-refractivity contribution < 1.29 is 22.3 Å². The Morgan fingerprint density at radius 2 is 1.88 bits per heavy atom. The van der Waals surface area contributed by atoms with Gasteiger partial charge in [0.15, 0.2) is 10.9 Å². The van der Waals surface area contributed by atoms with Crippen molar-refractivity contribution in [3.63, 3.8) is 0 Å². The van der Waals surface area contributed by atoms with E-state index in [-0.39, 0.29) is 36.9 Å². The number of anilines is 3. The second-order valence-corrected chi connectivity index (χ2v) is 13.8. The fraction of sp³-hybridized carbons (Fsp3) is 0.367. The molecule has 13 heteroatoms. The number of thiazole rings is 1. The molecule has 0 spiro atoms. The van der Waals surface area contributed by atoms with E-state index in [2.05, 4.69) is 6.07 Å². The third kappa shape index (κ3) is 5.68. The molecule has 1 aliphatic carbocycles. The minimum Gasteiger partial charge on any atom is -0.395 e. The third-order valence-electron chi connectivity index (χ3n) is 7.95. The molecule has 2 aromatic carbocycles. The van der Waals surface area contributed by atoms with Crippen LogP contribution in [0.4, 0.5) is 25.3 Å². The normalized spacial score (nSPS) is 17.8. The summed E-state index contributed by atoms with van der Waals surface area (Å²) in [5.74, 6) is -0.636. The Morgan fingerprint density at radius 3 is 2.51 bits per heavy atom. The first-order chi connectivity index (χ1) is 20.6. The maximum atomic E-state index is 15.9. The van der Waals surface area contributed by atoms with Gasteiger partial charge < -0.3 is 14.9 Å². The highest BCUT2D eigenvalue weighted by Crippen LogP contribution is 2.45. The van der Waals surface area contributed by atoms with Crippen molar-refractivity contribution >= 4 is 48.8 Å². The Kier molecular flexibility index (Phi) is 7.80. The fourth-order valence-corrected chi connectivity index (χ4v) is 7.69. The Morgan fingerprint density at radius 1 is 1.14 bits per heavy atom. The molecule has 0 bridgehead atoms. The number of aliphatic hydroxyl groups excluding tert-OH is 1. The van der Waals surface area contributed by atoms with Crippen LogP contribution in [0.25, 0.3) is 22.2 Å². The average molecular weight is 625 g/mol. The largest absolute Gasteiger partial charge is 0.395 e. The van der Waals surface area contributed by atoms with Gasteiger partial charge in [-0.2, -0.15) is 9.57 Å². The summed E-state index contributed by atoms with van der Waals surface area (Å²) in [4.78, 5) is 13.7. The van der Waals surface area contributed by atoms with Gasteiger partial charge in [0.2, 0.25) is 10.0 Å². The highest BCUT2D eigenvalue weighted by atomic mass is 32.2. The standard InChI is InChI=1S/C30H30F2N6O3S2/c1-3-37(30-35-28(27(15-33)42-30)19-6-8-20(31)9-7-19)26-14-25(18-4-5-18)34-29-23(26)12-21(13-24(29)32)36-10-11-38(43(2,40)41)22(16-36)17-39/h6-9,12-14,18,22,39H,3-5,10-11,16-17H2,1-2H3. The van der Waals surface area contributed by atoms with Crippen molar-refractivity contribution in [2.24, 2.45) is 0 Å². The van der Waals surface area contributed by atoms with E-state index in [1.165, 1.54) is 33.8 Å². The zero-order valence-corrected chi connectivity index (χ0v) is 25.3. The number of aromatic nitrogens is 2. The van der Waals surface area contributed by atoms with Gasteiger partial charge in [0.05, 0.1) is 24.6 Å². The van der Waals surface area contributed by atoms with E-state index in [0.717, 1.165) is 24.8 Å². The zero-order chi connectivity index (χ0) is 30.5. The molecule has 2 aliphatic rings. The van der Waals surface area contributed by atoms with Crippen LogP contribution in [0.5, 0.6) is 0 Å². The number of aliphatic hydroxyl groups is 1. The summed E-state index contributed by atoms with van der Waals surface area (Å²) in [6.45, 7) is 2.75. The van der Waals surface area contributed by atoms with Crippen molar-refractivity contribution in [2.45, 2.75) is 31.7 Å². The van der Waals surface area contributed by atoms with Crippen molar-refractivity contribution in [2.75, 3.05) is 48.8 Å². The predicted octanol–water partition coefficient (Wildman–Crippen LogP) is 4.99. The van der Waals surface area contributed by atoms with Crippen LogP contribution < -0.4 is 9.80 Å². The van der Waals surface area contributed by atoms with Crippen molar-refractivity contribution in [3.05, 3.63) is 64.7 Å². The lowest BCUT2D eigenvalue weighted by atomic mass is 10.1. The maximum absolute atomic E-state index is 15.9. The summed E-state index contributed by atoms with van der Waals surface area (Å²) >= 11 is 1.21. The molecule has 1 unspecified atom stereocenters. The van der Waals surface area contributed by atoms with Crippen molar-refractivity contribution in [1.82, 2.24) is 14.3 Å². The van der Waals surface area contributed by atoms with Gasteiger partial charge in [-0.3, -0.25) is 0 Å². The number of fused-ring (bicyclic) bond motifs is 1. The summed E-state index contributed by atoms with van der Waals surface area (Å²) in [7, 11) is -3.51. The maximum Gasteiger partial charge on any atom is 0.211 e. The molecule has 43 heavy (non-hydrogen) atoms. The van der Waals surface area contributed by atoms with Gasteiger partial charge in [-0.15, -0.1) is 0 Å². The van der Waals surface area contributed by atoms with Gasteiger partial charge in [0.25, 0.3) is 0 Å². The summed E-state index contributed by atoms with van der Waals surface area (Å²) < 4.78 is 55.2. The molecule has 4 aromatic rings. The highest BCUT2D eigenvalue weighted by molar-refractivity contribution is 7.88. The number of nitriles is 1. The number of piperazine rings is 1. The number of hydrogen-bond acceptors (Lipinski definition) is 9. The van der Waals surface area contributed by atoms with Gasteiger partial charge in [-0.25, -0.2) is 27.2 Å². The second-order valence-electron chi connectivity index (χ2n) is 10.9. The molecule has 0 amide bonds. The fourth-order valence-electron chi connectivity index (χ4n) is 5.64. The van der Waals surface area contributed by atoms with E-state index in [4.69, 9.17) is 9.97 Å². The first-order valence-corrected chi connectivity index (χ1v) is 16.7. The lowest BCUT2D eigenvalue weighted by molar-refractivity contribution is 0.176. The summed E-state index contributed by atoms with van der Waals surface area (Å²) in [5.41, 5.74) is 3.35. The number of benzene rings is 2. The highest BCUT2D eigenvalue weighted by Gasteiger charge is 2.34. The summed E-state index contributed by atoms with van der Waals surface area (Å²) in [6, 6.07) is 12.6. The molecule has 0 radical (unpaired) electrons. The Hall–Kier alpha value is -3.70. The van der Waals surface area contributed by atoms with Crippen LogP contribution in [0.2, 0.25) is 0 Å². The number of rotatable bonds is 8. The van der Waals surface area contributed by atoms with E-state index < -0.39 is 21.9 Å². The molecule has 9 nitrogen and oxygen atoms in total. The molecule has 1 atom stereocenters. The molecule has 2 aromatic heterocycles. The minimum atomic E-state index is -3.51. The summed E-state index contributed by atoms with van der Waals surface area (Å²) in [5, 5.41) is 21.0. The quantitative estimate of drug-likeness (QED) is 0.292. The lowest BCUT2D eigenvalue weighted by Crippen LogP contribution is -2.56.